The third kappa shape index (κ3) is 5.00. The maximum atomic E-state index is 12.1. The number of hydrogen-bond donors (Lipinski definition) is 1. The van der Waals surface area contributed by atoms with Crippen LogP contribution < -0.4 is 9.80 Å². The lowest BCUT2D eigenvalue weighted by atomic mass is 9.96. The van der Waals surface area contributed by atoms with Gasteiger partial charge in [0.05, 0.1) is 17.6 Å². The zero-order chi connectivity index (χ0) is 23.9. The standard InChI is InChI=1S/C25H30N6O3/c1-2-28(17-18-32)24-23(31(33)34)25(27-19-26-24)30-15-13-29(14-16-30)22(20-9-5-3-6-10-20)21-11-7-4-8-12-21/h3-12,19,22,32H,2,13-18H2,1H3. The Morgan fingerprint density at radius 3 is 2.09 bits per heavy atom. The first-order valence-corrected chi connectivity index (χ1v) is 11.6. The lowest BCUT2D eigenvalue weighted by Gasteiger charge is -2.40. The number of likely N-dealkylation sites (N-methyl/N-ethyl adjacent to an activating group) is 1. The number of aromatic nitrogens is 2. The van der Waals surface area contributed by atoms with E-state index in [0.717, 1.165) is 13.1 Å². The summed E-state index contributed by atoms with van der Waals surface area (Å²) >= 11 is 0. The van der Waals surface area contributed by atoms with E-state index < -0.39 is 4.92 Å². The average molecular weight is 463 g/mol. The van der Waals surface area contributed by atoms with Gasteiger partial charge < -0.3 is 14.9 Å². The minimum atomic E-state index is -0.409. The highest BCUT2D eigenvalue weighted by atomic mass is 16.6. The van der Waals surface area contributed by atoms with Gasteiger partial charge in [0.2, 0.25) is 11.6 Å². The van der Waals surface area contributed by atoms with Crippen LogP contribution in [0.4, 0.5) is 17.3 Å². The van der Waals surface area contributed by atoms with E-state index in [2.05, 4.69) is 63.4 Å². The van der Waals surface area contributed by atoms with Crippen LogP contribution in [0.5, 0.6) is 0 Å². The van der Waals surface area contributed by atoms with Gasteiger partial charge in [-0.05, 0) is 18.1 Å². The van der Waals surface area contributed by atoms with E-state index in [1.807, 2.05) is 24.0 Å². The SMILES string of the molecule is CCN(CCO)c1ncnc(N2CCN(C(c3ccccc3)c3ccccc3)CC2)c1[N+](=O)[O-]. The smallest absolute Gasteiger partial charge is 0.353 e. The number of aliphatic hydroxyl groups excluding tert-OH is 1. The molecular weight excluding hydrogens is 432 g/mol. The Bertz CT molecular complexity index is 1040. The van der Waals surface area contributed by atoms with Crippen molar-refractivity contribution in [2.45, 2.75) is 13.0 Å². The Hall–Kier alpha value is -3.56. The Kier molecular flexibility index (Phi) is 7.66. The second-order valence-corrected chi connectivity index (χ2v) is 8.18. The molecule has 1 fully saturated rings. The molecule has 178 valence electrons. The molecule has 0 radical (unpaired) electrons. The number of hydrogen-bond acceptors (Lipinski definition) is 8. The normalized spacial score (nSPS) is 14.4. The van der Waals surface area contributed by atoms with E-state index in [-0.39, 0.29) is 30.7 Å². The monoisotopic (exact) mass is 462 g/mol. The molecule has 0 atom stereocenters. The quantitative estimate of drug-likeness (QED) is 0.383. The third-order valence-corrected chi connectivity index (χ3v) is 6.23. The molecule has 0 amide bonds. The van der Waals surface area contributed by atoms with Gasteiger partial charge in [-0.2, -0.15) is 0 Å². The van der Waals surface area contributed by atoms with Crippen molar-refractivity contribution in [1.29, 1.82) is 0 Å². The van der Waals surface area contributed by atoms with Gasteiger partial charge in [0, 0.05) is 39.3 Å². The number of benzene rings is 2. The molecule has 34 heavy (non-hydrogen) atoms. The summed E-state index contributed by atoms with van der Waals surface area (Å²) in [6.07, 6.45) is 1.38. The van der Waals surface area contributed by atoms with Crippen molar-refractivity contribution in [3.05, 3.63) is 88.2 Å². The summed E-state index contributed by atoms with van der Waals surface area (Å²) < 4.78 is 0. The topological polar surface area (TPSA) is 98.9 Å². The number of anilines is 2. The summed E-state index contributed by atoms with van der Waals surface area (Å²) in [7, 11) is 0. The molecular formula is C25H30N6O3. The van der Waals surface area contributed by atoms with E-state index in [0.29, 0.717) is 25.5 Å². The third-order valence-electron chi connectivity index (χ3n) is 6.23. The van der Waals surface area contributed by atoms with Crippen LogP contribution >= 0.6 is 0 Å². The Morgan fingerprint density at radius 2 is 1.59 bits per heavy atom. The van der Waals surface area contributed by atoms with Gasteiger partial charge in [-0.25, -0.2) is 9.97 Å². The maximum Gasteiger partial charge on any atom is 0.353 e. The fraction of sp³-hybridized carbons (Fsp3) is 0.360. The Balaban J connectivity index is 1.59. The van der Waals surface area contributed by atoms with Crippen molar-refractivity contribution in [2.24, 2.45) is 0 Å². The van der Waals surface area contributed by atoms with Crippen molar-refractivity contribution in [1.82, 2.24) is 14.9 Å². The molecule has 9 heteroatoms. The molecule has 0 saturated carbocycles. The van der Waals surface area contributed by atoms with Gasteiger partial charge in [0.15, 0.2) is 0 Å². The first-order valence-electron chi connectivity index (χ1n) is 11.6. The van der Waals surface area contributed by atoms with Crippen LogP contribution in [0.25, 0.3) is 0 Å². The van der Waals surface area contributed by atoms with Gasteiger partial charge >= 0.3 is 5.69 Å². The summed E-state index contributed by atoms with van der Waals surface area (Å²) in [5.41, 5.74) is 2.34. The molecule has 0 aliphatic carbocycles. The second-order valence-electron chi connectivity index (χ2n) is 8.18. The van der Waals surface area contributed by atoms with Crippen LogP contribution in [0.1, 0.15) is 24.1 Å². The van der Waals surface area contributed by atoms with Crippen LogP contribution in [-0.4, -0.2) is 70.8 Å². The van der Waals surface area contributed by atoms with Crippen molar-refractivity contribution in [3.63, 3.8) is 0 Å². The molecule has 3 aromatic rings. The molecule has 2 heterocycles. The molecule has 0 spiro atoms. The molecule has 1 saturated heterocycles. The first-order chi connectivity index (χ1) is 16.6. The van der Waals surface area contributed by atoms with Crippen LogP contribution in [0.2, 0.25) is 0 Å². The minimum Gasteiger partial charge on any atom is -0.395 e. The molecule has 9 nitrogen and oxygen atoms in total. The van der Waals surface area contributed by atoms with Crippen LogP contribution in [-0.2, 0) is 0 Å². The summed E-state index contributed by atoms with van der Waals surface area (Å²) in [4.78, 5) is 26.2. The zero-order valence-electron chi connectivity index (χ0n) is 19.3. The Morgan fingerprint density at radius 1 is 1.00 bits per heavy atom. The van der Waals surface area contributed by atoms with Crippen molar-refractivity contribution >= 4 is 17.3 Å². The lowest BCUT2D eigenvalue weighted by Crippen LogP contribution is -2.48. The lowest BCUT2D eigenvalue weighted by molar-refractivity contribution is -0.383. The number of piperazine rings is 1. The number of aliphatic hydroxyl groups is 1. The molecule has 1 N–H and O–H groups in total. The number of rotatable bonds is 9. The van der Waals surface area contributed by atoms with E-state index >= 15 is 0 Å². The second kappa shape index (κ2) is 11.0. The molecule has 0 unspecified atom stereocenters. The molecule has 1 aliphatic rings. The van der Waals surface area contributed by atoms with Crippen LogP contribution in [0, 0.1) is 10.1 Å². The fourth-order valence-corrected chi connectivity index (χ4v) is 4.60. The van der Waals surface area contributed by atoms with Crippen molar-refractivity contribution in [3.8, 4) is 0 Å². The maximum absolute atomic E-state index is 12.1. The zero-order valence-corrected chi connectivity index (χ0v) is 19.3. The van der Waals surface area contributed by atoms with E-state index in [4.69, 9.17) is 0 Å². The minimum absolute atomic E-state index is 0.103. The predicted octanol–water partition coefficient (Wildman–Crippen LogP) is 3.12. The fourth-order valence-electron chi connectivity index (χ4n) is 4.60. The molecule has 4 rings (SSSR count). The van der Waals surface area contributed by atoms with Crippen molar-refractivity contribution < 1.29 is 10.0 Å². The van der Waals surface area contributed by atoms with E-state index in [1.54, 1.807) is 4.90 Å². The number of nitro groups is 1. The molecule has 0 bridgehead atoms. The first kappa shape index (κ1) is 23.6. The molecule has 2 aromatic carbocycles. The summed E-state index contributed by atoms with van der Waals surface area (Å²) in [6.45, 7) is 5.24. The molecule has 1 aliphatic heterocycles. The van der Waals surface area contributed by atoms with Gasteiger partial charge in [-0.1, -0.05) is 60.7 Å². The largest absolute Gasteiger partial charge is 0.395 e. The van der Waals surface area contributed by atoms with E-state index in [1.165, 1.54) is 17.5 Å². The molecule has 1 aromatic heterocycles. The summed E-state index contributed by atoms with van der Waals surface area (Å²) in [5, 5.41) is 21.4. The highest BCUT2D eigenvalue weighted by Gasteiger charge is 2.33. The summed E-state index contributed by atoms with van der Waals surface area (Å²) in [5.74, 6) is 0.586. The van der Waals surface area contributed by atoms with Gasteiger partial charge in [0.1, 0.15) is 6.33 Å². The highest BCUT2D eigenvalue weighted by molar-refractivity contribution is 5.71. The van der Waals surface area contributed by atoms with E-state index in [9.17, 15) is 15.2 Å². The van der Waals surface area contributed by atoms with Gasteiger partial charge in [-0.3, -0.25) is 15.0 Å². The van der Waals surface area contributed by atoms with Crippen molar-refractivity contribution in [2.75, 3.05) is 55.7 Å². The highest BCUT2D eigenvalue weighted by Crippen LogP contribution is 2.36. The van der Waals surface area contributed by atoms with Crippen LogP contribution in [0.15, 0.2) is 67.0 Å². The summed E-state index contributed by atoms with van der Waals surface area (Å²) in [6, 6.07) is 20.9. The predicted molar refractivity (Wildman–Crippen MR) is 132 cm³/mol. The average Bonchev–Trinajstić information content (AvgIpc) is 2.88. The van der Waals surface area contributed by atoms with Gasteiger partial charge in [0.25, 0.3) is 0 Å². The van der Waals surface area contributed by atoms with Crippen LogP contribution in [0.3, 0.4) is 0 Å². The Labute approximate surface area is 199 Å². The van der Waals surface area contributed by atoms with Gasteiger partial charge in [-0.15, -0.1) is 0 Å². The number of nitrogens with zero attached hydrogens (tertiary/aromatic N) is 6.